The molecule has 0 amide bonds. The van der Waals surface area contributed by atoms with Gasteiger partial charge in [0.05, 0.1) is 0 Å². The lowest BCUT2D eigenvalue weighted by atomic mass is 9.76. The Morgan fingerprint density at radius 1 is 0.889 bits per heavy atom. The van der Waals surface area contributed by atoms with Crippen molar-refractivity contribution in [1.82, 2.24) is 0 Å². The van der Waals surface area contributed by atoms with E-state index in [9.17, 15) is 0 Å². The van der Waals surface area contributed by atoms with E-state index >= 15 is 0 Å². The van der Waals surface area contributed by atoms with Gasteiger partial charge in [-0.05, 0) is 45.7 Å². The van der Waals surface area contributed by atoms with E-state index in [1.165, 1.54) is 22.5 Å². The summed E-state index contributed by atoms with van der Waals surface area (Å²) in [6, 6.07) is 6.55. The van der Waals surface area contributed by atoms with Gasteiger partial charge in [0.1, 0.15) is 0 Å². The van der Waals surface area contributed by atoms with Crippen LogP contribution < -0.4 is 4.90 Å². The molecule has 0 aliphatic carbocycles. The van der Waals surface area contributed by atoms with Crippen molar-refractivity contribution in [2.24, 2.45) is 5.41 Å². The monoisotopic (exact) mass is 243 g/mol. The van der Waals surface area contributed by atoms with Crippen LogP contribution in [0.25, 0.3) is 0 Å². The lowest BCUT2D eigenvalue weighted by Gasteiger charge is -2.44. The number of allylic oxidation sites excluding steroid dienone is 1. The second kappa shape index (κ2) is 3.88. The number of para-hydroxylation sites is 1. The van der Waals surface area contributed by atoms with Crippen LogP contribution >= 0.6 is 0 Å². The summed E-state index contributed by atoms with van der Waals surface area (Å²) in [6.45, 7) is 16.0. The summed E-state index contributed by atoms with van der Waals surface area (Å²) in [7, 11) is 0. The molecule has 0 bridgehead atoms. The summed E-state index contributed by atoms with van der Waals surface area (Å²) in [5, 5.41) is 0. The molecule has 0 radical (unpaired) electrons. The van der Waals surface area contributed by atoms with Crippen LogP contribution in [0.15, 0.2) is 30.0 Å². The van der Waals surface area contributed by atoms with Gasteiger partial charge in [-0.15, -0.1) is 0 Å². The van der Waals surface area contributed by atoms with E-state index in [0.29, 0.717) is 0 Å². The molecule has 1 aromatic rings. The van der Waals surface area contributed by atoms with E-state index in [4.69, 9.17) is 0 Å². The zero-order chi connectivity index (χ0) is 13.7. The quantitative estimate of drug-likeness (QED) is 0.682. The Hall–Kier alpha value is -1.24. The first-order valence-corrected chi connectivity index (χ1v) is 6.74. The summed E-state index contributed by atoms with van der Waals surface area (Å²) in [6.07, 6.45) is 2.40. The fourth-order valence-corrected chi connectivity index (χ4v) is 3.11. The van der Waals surface area contributed by atoms with Gasteiger partial charge in [0.15, 0.2) is 0 Å². The van der Waals surface area contributed by atoms with Crippen LogP contribution in [0.3, 0.4) is 0 Å². The van der Waals surface area contributed by atoms with Gasteiger partial charge in [-0.25, -0.2) is 0 Å². The molecule has 1 aliphatic heterocycles. The SMILES string of the molecule is CC1=CC(C)(C)C(C)(C)N1c1c(C)cccc1C. The molecule has 18 heavy (non-hydrogen) atoms. The number of nitrogens with zero attached hydrogens (tertiary/aromatic N) is 1. The van der Waals surface area contributed by atoms with E-state index in [2.05, 4.69) is 77.6 Å². The molecule has 0 spiro atoms. The van der Waals surface area contributed by atoms with Gasteiger partial charge in [0.25, 0.3) is 0 Å². The van der Waals surface area contributed by atoms with Crippen molar-refractivity contribution in [3.05, 3.63) is 41.1 Å². The van der Waals surface area contributed by atoms with Crippen LogP contribution in [-0.2, 0) is 0 Å². The van der Waals surface area contributed by atoms with Gasteiger partial charge < -0.3 is 4.90 Å². The maximum Gasteiger partial charge on any atom is 0.0477 e. The summed E-state index contributed by atoms with van der Waals surface area (Å²) in [5.41, 5.74) is 5.74. The number of benzene rings is 1. The Balaban J connectivity index is 2.62. The Labute approximate surface area is 112 Å². The van der Waals surface area contributed by atoms with E-state index < -0.39 is 0 Å². The average molecular weight is 243 g/mol. The molecule has 1 aliphatic rings. The Morgan fingerprint density at radius 3 is 1.78 bits per heavy atom. The molecule has 0 N–H and O–H groups in total. The minimum atomic E-state index is 0.105. The Kier molecular flexibility index (Phi) is 2.84. The molecule has 0 atom stereocenters. The van der Waals surface area contributed by atoms with E-state index in [0.717, 1.165) is 0 Å². The third-order valence-electron chi connectivity index (χ3n) is 4.72. The zero-order valence-corrected chi connectivity index (χ0v) is 12.8. The molecule has 0 fully saturated rings. The number of rotatable bonds is 1. The van der Waals surface area contributed by atoms with Crippen molar-refractivity contribution < 1.29 is 0 Å². The lowest BCUT2D eigenvalue weighted by molar-refractivity contribution is 0.288. The van der Waals surface area contributed by atoms with E-state index in [1.54, 1.807) is 0 Å². The largest absolute Gasteiger partial charge is 0.339 e. The topological polar surface area (TPSA) is 3.24 Å². The first kappa shape index (κ1) is 13.2. The third kappa shape index (κ3) is 1.68. The standard InChI is InChI=1S/C17H25N/c1-12-9-8-10-13(2)15(12)18-14(3)11-16(4,5)17(18,6)7/h8-11H,1-7H3. The number of hydrogen-bond donors (Lipinski definition) is 0. The predicted molar refractivity (Wildman–Crippen MR) is 80.0 cm³/mol. The second-order valence-electron chi connectivity index (χ2n) is 6.64. The molecular weight excluding hydrogens is 218 g/mol. The lowest BCUT2D eigenvalue weighted by Crippen LogP contribution is -2.48. The van der Waals surface area contributed by atoms with Crippen LogP contribution in [0.5, 0.6) is 0 Å². The highest BCUT2D eigenvalue weighted by molar-refractivity contribution is 5.66. The van der Waals surface area contributed by atoms with Crippen molar-refractivity contribution in [3.63, 3.8) is 0 Å². The third-order valence-corrected chi connectivity index (χ3v) is 4.72. The molecule has 1 aromatic carbocycles. The Morgan fingerprint density at radius 2 is 1.39 bits per heavy atom. The maximum atomic E-state index is 2.51. The molecule has 0 saturated carbocycles. The van der Waals surface area contributed by atoms with Crippen molar-refractivity contribution in [1.29, 1.82) is 0 Å². The highest BCUT2D eigenvalue weighted by atomic mass is 15.2. The highest BCUT2D eigenvalue weighted by Crippen LogP contribution is 2.49. The van der Waals surface area contributed by atoms with Gasteiger partial charge in [-0.3, -0.25) is 0 Å². The molecule has 0 saturated heterocycles. The molecule has 2 rings (SSSR count). The average Bonchev–Trinajstić information content (AvgIpc) is 2.36. The molecule has 0 unspecified atom stereocenters. The van der Waals surface area contributed by atoms with Crippen molar-refractivity contribution in [2.45, 2.75) is 54.0 Å². The predicted octanol–water partition coefficient (Wildman–Crippen LogP) is 4.83. The maximum absolute atomic E-state index is 2.51. The molecule has 1 heterocycles. The zero-order valence-electron chi connectivity index (χ0n) is 12.8. The second-order valence-corrected chi connectivity index (χ2v) is 6.64. The van der Waals surface area contributed by atoms with Crippen molar-refractivity contribution in [2.75, 3.05) is 4.90 Å². The van der Waals surface area contributed by atoms with Gasteiger partial charge >= 0.3 is 0 Å². The van der Waals surface area contributed by atoms with Gasteiger partial charge in [-0.1, -0.05) is 38.1 Å². The van der Waals surface area contributed by atoms with Crippen LogP contribution in [0.4, 0.5) is 5.69 Å². The van der Waals surface area contributed by atoms with Gasteiger partial charge in [-0.2, -0.15) is 0 Å². The summed E-state index contributed by atoms with van der Waals surface area (Å²) >= 11 is 0. The van der Waals surface area contributed by atoms with E-state index in [1.807, 2.05) is 0 Å². The smallest absolute Gasteiger partial charge is 0.0477 e. The molecular formula is C17H25N. The van der Waals surface area contributed by atoms with E-state index in [-0.39, 0.29) is 11.0 Å². The van der Waals surface area contributed by atoms with Crippen molar-refractivity contribution >= 4 is 5.69 Å². The summed E-state index contributed by atoms with van der Waals surface area (Å²) < 4.78 is 0. The van der Waals surface area contributed by atoms with Crippen LogP contribution in [0.2, 0.25) is 0 Å². The fraction of sp³-hybridized carbons (Fsp3) is 0.529. The van der Waals surface area contributed by atoms with Crippen LogP contribution in [0, 0.1) is 19.3 Å². The number of aryl methyl sites for hydroxylation is 2. The molecule has 1 nitrogen and oxygen atoms in total. The molecule has 0 aromatic heterocycles. The fourth-order valence-electron chi connectivity index (χ4n) is 3.11. The number of hydrogen-bond acceptors (Lipinski definition) is 1. The molecule has 1 heteroatoms. The van der Waals surface area contributed by atoms with Crippen LogP contribution in [-0.4, -0.2) is 5.54 Å². The van der Waals surface area contributed by atoms with Gasteiger partial charge in [0, 0.05) is 22.3 Å². The van der Waals surface area contributed by atoms with Gasteiger partial charge in [0.2, 0.25) is 0 Å². The Bertz CT molecular complexity index is 486. The minimum Gasteiger partial charge on any atom is -0.339 e. The van der Waals surface area contributed by atoms with Crippen molar-refractivity contribution in [3.8, 4) is 0 Å². The summed E-state index contributed by atoms with van der Waals surface area (Å²) in [4.78, 5) is 2.51. The number of anilines is 1. The van der Waals surface area contributed by atoms with Crippen LogP contribution in [0.1, 0.15) is 45.7 Å². The normalized spacial score (nSPS) is 21.1. The summed E-state index contributed by atoms with van der Waals surface area (Å²) in [5.74, 6) is 0. The minimum absolute atomic E-state index is 0.105. The molecule has 98 valence electrons. The first-order chi connectivity index (χ1) is 8.18. The first-order valence-electron chi connectivity index (χ1n) is 6.74. The highest BCUT2D eigenvalue weighted by Gasteiger charge is 2.46.